The van der Waals surface area contributed by atoms with Gasteiger partial charge in [0.15, 0.2) is 0 Å². The Morgan fingerprint density at radius 2 is 0.393 bits per heavy atom. The lowest BCUT2D eigenvalue weighted by Gasteiger charge is -2.21. The lowest BCUT2D eigenvalue weighted by atomic mass is 9.82. The fourth-order valence-electron chi connectivity index (χ4n) is 20.2. The molecule has 0 atom stereocenters. The number of aromatic nitrogens is 4. The van der Waals surface area contributed by atoms with E-state index >= 15 is 0 Å². The molecule has 0 aliphatic rings. The van der Waals surface area contributed by atoms with E-state index in [2.05, 4.69) is 419 Å². The maximum Gasteiger partial charge on any atom is 0.0978 e. The summed E-state index contributed by atoms with van der Waals surface area (Å²) in [7, 11) is 0. The molecule has 0 fully saturated rings. The number of nitrogens with zero attached hydrogens (tertiary/aromatic N) is 4. The zero-order valence-corrected chi connectivity index (χ0v) is 66.2. The van der Waals surface area contributed by atoms with Crippen LogP contribution in [0.4, 0.5) is 0 Å². The average Bonchev–Trinajstić information content (AvgIpc) is 0.684. The van der Waals surface area contributed by atoms with E-state index in [9.17, 15) is 0 Å². The van der Waals surface area contributed by atoms with Crippen molar-refractivity contribution in [2.75, 3.05) is 0 Å². The molecular formula is C118H70N4. The molecule has 21 aromatic carbocycles. The molecule has 4 nitrogen and oxygen atoms in total. The van der Waals surface area contributed by atoms with Crippen LogP contribution in [0.2, 0.25) is 0 Å². The van der Waals surface area contributed by atoms with Crippen LogP contribution in [0.25, 0.3) is 263 Å². The van der Waals surface area contributed by atoms with E-state index in [4.69, 9.17) is 19.9 Å². The highest BCUT2D eigenvalue weighted by Crippen LogP contribution is 2.53. The maximum atomic E-state index is 5.69. The molecule has 0 unspecified atom stereocenters. The largest absolute Gasteiger partial charge is 0.245 e. The summed E-state index contributed by atoms with van der Waals surface area (Å²) in [5, 5.41) is 26.1. The van der Waals surface area contributed by atoms with Crippen LogP contribution in [0.3, 0.4) is 0 Å². The third-order valence-corrected chi connectivity index (χ3v) is 25.7. The van der Waals surface area contributed by atoms with Crippen LogP contribution in [-0.2, 0) is 0 Å². The standard InChI is InChI=1S/C118H70N4/c1-5-24-71(25-6-1)103-64-57-80-52-53-81-58-65-104(120-116(81)115(80)119-103)73-44-50-79(51-45-73)109-91-39-19-21-41-93(91)114(94-42-22-20-40-92(94)109)97-61-56-83-68-100(95-43-23-32-77-54-60-96(97)113(83)112(77)95)101-70-84-59-66-105(121-117(84)118-99(101)63-67-106(122-118)72-26-7-2-8-27-72)74-46-48-78(49-47-74)108-86-34-14-17-37-89(86)111(90-38-18-15-35-87(90)108)82-55-62-98-102(69-82)110(76-30-11-4-12-31-76)88-36-16-13-33-85(88)107(98)75-28-9-3-10-29-75/h1-70H. The lowest BCUT2D eigenvalue weighted by Crippen LogP contribution is -1.95. The summed E-state index contributed by atoms with van der Waals surface area (Å²) in [5.41, 5.74) is 28.1. The van der Waals surface area contributed by atoms with Gasteiger partial charge in [0.05, 0.1) is 44.8 Å². The van der Waals surface area contributed by atoms with Crippen molar-refractivity contribution in [1.29, 1.82) is 0 Å². The predicted octanol–water partition coefficient (Wildman–Crippen LogP) is 32.0. The smallest absolute Gasteiger partial charge is 0.0978 e. The topological polar surface area (TPSA) is 51.6 Å². The molecule has 0 spiro atoms. The molecule has 0 bridgehead atoms. The van der Waals surface area contributed by atoms with Crippen molar-refractivity contribution in [3.63, 3.8) is 0 Å². The molecule has 0 radical (unpaired) electrons. The first-order chi connectivity index (χ1) is 60.5. The van der Waals surface area contributed by atoms with E-state index < -0.39 is 0 Å². The summed E-state index contributed by atoms with van der Waals surface area (Å²) in [6, 6.07) is 156. The maximum absolute atomic E-state index is 5.69. The van der Waals surface area contributed by atoms with Crippen molar-refractivity contribution in [3.05, 3.63) is 425 Å². The van der Waals surface area contributed by atoms with Crippen LogP contribution < -0.4 is 0 Å². The van der Waals surface area contributed by atoms with Crippen LogP contribution in [0.5, 0.6) is 0 Å². The second-order valence-electron chi connectivity index (χ2n) is 32.4. The third kappa shape index (κ3) is 10.9. The Morgan fingerprint density at radius 1 is 0.123 bits per heavy atom. The summed E-state index contributed by atoms with van der Waals surface area (Å²) >= 11 is 0. The van der Waals surface area contributed by atoms with E-state index in [0.29, 0.717) is 0 Å². The van der Waals surface area contributed by atoms with E-state index in [1.165, 1.54) is 153 Å². The zero-order valence-electron chi connectivity index (χ0n) is 66.2. The molecule has 0 aliphatic carbocycles. The second-order valence-corrected chi connectivity index (χ2v) is 32.4. The highest BCUT2D eigenvalue weighted by Gasteiger charge is 2.26. The van der Waals surface area contributed by atoms with Crippen LogP contribution >= 0.6 is 0 Å². The number of hydrogen-bond acceptors (Lipinski definition) is 4. The zero-order chi connectivity index (χ0) is 80.0. The Morgan fingerprint density at radius 3 is 0.861 bits per heavy atom. The first-order valence-corrected chi connectivity index (χ1v) is 42.0. The van der Waals surface area contributed by atoms with Gasteiger partial charge in [-0.15, -0.1) is 0 Å². The van der Waals surface area contributed by atoms with Crippen molar-refractivity contribution >= 4 is 141 Å². The Bertz CT molecular complexity index is 8530. The van der Waals surface area contributed by atoms with Crippen molar-refractivity contribution in [2.24, 2.45) is 0 Å². The van der Waals surface area contributed by atoms with Gasteiger partial charge in [0.1, 0.15) is 0 Å². The fourth-order valence-corrected chi connectivity index (χ4v) is 20.2. The minimum atomic E-state index is 0.859. The van der Waals surface area contributed by atoms with Gasteiger partial charge >= 0.3 is 0 Å². The Labute approximate surface area is 703 Å². The van der Waals surface area contributed by atoms with Crippen LogP contribution in [-0.4, -0.2) is 19.9 Å². The average molecular weight is 1540 g/mol. The molecule has 25 aromatic rings. The molecule has 0 saturated heterocycles. The van der Waals surface area contributed by atoms with Gasteiger partial charge in [-0.05, 0) is 223 Å². The molecule has 0 aliphatic heterocycles. The first-order valence-electron chi connectivity index (χ1n) is 42.0. The summed E-state index contributed by atoms with van der Waals surface area (Å²) in [6.07, 6.45) is 0. The molecule has 25 rings (SSSR count). The fraction of sp³-hybridized carbons (Fsp3) is 0. The number of fused-ring (bicyclic) bond motifs is 12. The Balaban J connectivity index is 0.592. The molecular weight excluding hydrogens is 1470 g/mol. The van der Waals surface area contributed by atoms with E-state index in [-0.39, 0.29) is 0 Å². The van der Waals surface area contributed by atoms with Crippen LogP contribution in [0, 0.1) is 0 Å². The molecule has 0 saturated carbocycles. The molecule has 562 valence electrons. The number of pyridine rings is 4. The van der Waals surface area contributed by atoms with Crippen molar-refractivity contribution < 1.29 is 0 Å². The number of benzene rings is 21. The summed E-state index contributed by atoms with van der Waals surface area (Å²) in [4.78, 5) is 21.9. The Kier molecular flexibility index (Phi) is 15.7. The van der Waals surface area contributed by atoms with Gasteiger partial charge in [-0.25, -0.2) is 19.9 Å². The van der Waals surface area contributed by atoms with Gasteiger partial charge < -0.3 is 0 Å². The predicted molar refractivity (Wildman–Crippen MR) is 516 cm³/mol. The Hall–Kier alpha value is -16.1. The quantitative estimate of drug-likeness (QED) is 0.0957. The third-order valence-electron chi connectivity index (χ3n) is 25.7. The molecule has 0 N–H and O–H groups in total. The monoisotopic (exact) mass is 1540 g/mol. The summed E-state index contributed by atoms with van der Waals surface area (Å²) in [5.74, 6) is 0. The molecule has 4 heteroatoms. The van der Waals surface area contributed by atoms with Crippen LogP contribution in [0.15, 0.2) is 425 Å². The minimum Gasteiger partial charge on any atom is -0.245 e. The second kappa shape index (κ2) is 27.8. The van der Waals surface area contributed by atoms with E-state index in [1.54, 1.807) is 0 Å². The first kappa shape index (κ1) is 69.0. The van der Waals surface area contributed by atoms with Gasteiger partial charge in [0.2, 0.25) is 0 Å². The van der Waals surface area contributed by atoms with Crippen molar-refractivity contribution in [2.45, 2.75) is 0 Å². The summed E-state index contributed by atoms with van der Waals surface area (Å²) in [6.45, 7) is 0. The molecule has 0 amide bonds. The summed E-state index contributed by atoms with van der Waals surface area (Å²) < 4.78 is 0. The van der Waals surface area contributed by atoms with Gasteiger partial charge in [0, 0.05) is 43.8 Å². The van der Waals surface area contributed by atoms with Gasteiger partial charge in [0.25, 0.3) is 0 Å². The van der Waals surface area contributed by atoms with Crippen LogP contribution in [0.1, 0.15) is 0 Å². The van der Waals surface area contributed by atoms with Gasteiger partial charge in [-0.3, -0.25) is 0 Å². The van der Waals surface area contributed by atoms with Gasteiger partial charge in [-0.2, -0.15) is 0 Å². The highest BCUT2D eigenvalue weighted by atomic mass is 14.8. The molecule has 4 aromatic heterocycles. The van der Waals surface area contributed by atoms with E-state index in [0.717, 1.165) is 111 Å². The number of hydrogen-bond donors (Lipinski definition) is 0. The van der Waals surface area contributed by atoms with E-state index in [1.807, 2.05) is 6.07 Å². The normalized spacial score (nSPS) is 11.9. The SMILES string of the molecule is c1ccc(-c2ccc3ccc4ccc(-c5ccc(-c6c7ccccc7c(-c7ccc8cc(-c9cc%10ccc(-c%11ccc(-c%12c%13ccccc%13c(-c%13ccc%14c(-c%15ccccc%15)c%15ccccc%15c(-c%15ccccc%15)c%14c%13)c%13ccccc%12%13)cc%11)nc%10c%10nc(-c%11ccccc%11)ccc9%10)c9cccc%10ccc7c8c%109)c7ccccc67)cc5)nc4c3n2)cc1. The lowest BCUT2D eigenvalue weighted by molar-refractivity contribution is 1.36. The number of rotatable bonds is 11. The highest BCUT2D eigenvalue weighted by molar-refractivity contribution is 6.33. The van der Waals surface area contributed by atoms with Crippen molar-refractivity contribution in [1.82, 2.24) is 19.9 Å². The minimum absolute atomic E-state index is 0.859. The molecule has 4 heterocycles. The van der Waals surface area contributed by atoms with Gasteiger partial charge in [-0.1, -0.05) is 376 Å². The van der Waals surface area contributed by atoms with Crippen molar-refractivity contribution in [3.8, 4) is 123 Å². The molecule has 122 heavy (non-hydrogen) atoms.